The van der Waals surface area contributed by atoms with Gasteiger partial charge in [0, 0.05) is 0 Å². The highest BCUT2D eigenvalue weighted by atomic mass is 16.5. The highest BCUT2D eigenvalue weighted by Gasteiger charge is 2.18. The van der Waals surface area contributed by atoms with Crippen molar-refractivity contribution in [1.82, 2.24) is 0 Å². The first-order chi connectivity index (χ1) is 8.13. The Morgan fingerprint density at radius 3 is 2.00 bits per heavy atom. The van der Waals surface area contributed by atoms with Gasteiger partial charge in [-0.3, -0.25) is 4.79 Å². The molecule has 0 saturated carbocycles. The van der Waals surface area contributed by atoms with Gasteiger partial charge in [-0.1, -0.05) is 6.07 Å². The monoisotopic (exact) mass is 239 g/mol. The van der Waals surface area contributed by atoms with Crippen molar-refractivity contribution in [2.75, 3.05) is 26.6 Å². The molecular formula is C11H13NO5. The first-order valence-corrected chi connectivity index (χ1v) is 4.74. The fourth-order valence-electron chi connectivity index (χ4n) is 1.23. The van der Waals surface area contributed by atoms with Crippen molar-refractivity contribution in [3.05, 3.63) is 18.2 Å². The number of ether oxygens (including phenoxy) is 3. The Kier molecular flexibility index (Phi) is 4.33. The van der Waals surface area contributed by atoms with Crippen LogP contribution in [0.25, 0.3) is 0 Å². The molecule has 0 aliphatic heterocycles. The molecule has 0 radical (unpaired) electrons. The van der Waals surface area contributed by atoms with Crippen LogP contribution < -0.4 is 14.8 Å². The standard InChI is InChI=1S/C11H13NO5/c1-15-7-5-4-6-8(16-2)9(7)12-10(13)11(14)17-3/h4-6H,1-3H3,(H,12,13). The van der Waals surface area contributed by atoms with E-state index < -0.39 is 11.9 Å². The van der Waals surface area contributed by atoms with Gasteiger partial charge in [0.15, 0.2) is 0 Å². The number of nitrogens with one attached hydrogen (secondary N) is 1. The fourth-order valence-corrected chi connectivity index (χ4v) is 1.23. The van der Waals surface area contributed by atoms with Crippen LogP contribution in [0.3, 0.4) is 0 Å². The Labute approximate surface area is 98.5 Å². The molecule has 1 rings (SSSR count). The number of hydrogen-bond donors (Lipinski definition) is 1. The normalized spacial score (nSPS) is 9.35. The lowest BCUT2D eigenvalue weighted by molar-refractivity contribution is -0.150. The lowest BCUT2D eigenvalue weighted by Crippen LogP contribution is -2.24. The minimum Gasteiger partial charge on any atom is -0.494 e. The Morgan fingerprint density at radius 1 is 1.06 bits per heavy atom. The van der Waals surface area contributed by atoms with Gasteiger partial charge in [0.05, 0.1) is 21.3 Å². The van der Waals surface area contributed by atoms with Crippen LogP contribution >= 0.6 is 0 Å². The van der Waals surface area contributed by atoms with Gasteiger partial charge in [-0.2, -0.15) is 0 Å². The lowest BCUT2D eigenvalue weighted by Gasteiger charge is -2.12. The number of anilines is 1. The molecule has 0 bridgehead atoms. The Hall–Kier alpha value is -2.24. The Bertz CT molecular complexity index is 408. The molecule has 0 unspecified atom stereocenters. The molecule has 17 heavy (non-hydrogen) atoms. The molecule has 0 spiro atoms. The molecule has 0 saturated heterocycles. The third-order valence-corrected chi connectivity index (χ3v) is 2.04. The van der Waals surface area contributed by atoms with Gasteiger partial charge in [0.25, 0.3) is 0 Å². The molecule has 1 N–H and O–H groups in total. The van der Waals surface area contributed by atoms with E-state index in [1.54, 1.807) is 18.2 Å². The quantitative estimate of drug-likeness (QED) is 0.624. The average Bonchev–Trinajstić information content (AvgIpc) is 2.37. The SMILES string of the molecule is COC(=O)C(=O)Nc1c(OC)cccc1OC. The van der Waals surface area contributed by atoms with Crippen molar-refractivity contribution in [3.63, 3.8) is 0 Å². The van der Waals surface area contributed by atoms with Gasteiger partial charge in [0.1, 0.15) is 17.2 Å². The molecule has 6 heteroatoms. The van der Waals surface area contributed by atoms with E-state index in [-0.39, 0.29) is 5.69 Å². The second kappa shape index (κ2) is 5.74. The van der Waals surface area contributed by atoms with Gasteiger partial charge in [-0.05, 0) is 12.1 Å². The third-order valence-electron chi connectivity index (χ3n) is 2.04. The van der Waals surface area contributed by atoms with Crippen LogP contribution in [-0.2, 0) is 14.3 Å². The second-order valence-electron chi connectivity index (χ2n) is 2.98. The summed E-state index contributed by atoms with van der Waals surface area (Å²) in [5.74, 6) is -1.10. The van der Waals surface area contributed by atoms with Crippen LogP contribution in [0, 0.1) is 0 Å². The summed E-state index contributed by atoms with van der Waals surface area (Å²) < 4.78 is 14.4. The summed E-state index contributed by atoms with van der Waals surface area (Å²) in [5.41, 5.74) is 0.285. The number of para-hydroxylation sites is 1. The van der Waals surface area contributed by atoms with E-state index in [0.717, 1.165) is 7.11 Å². The maximum atomic E-state index is 11.4. The van der Waals surface area contributed by atoms with E-state index in [1.165, 1.54) is 14.2 Å². The van der Waals surface area contributed by atoms with Crippen molar-refractivity contribution < 1.29 is 23.8 Å². The molecule has 0 fully saturated rings. The predicted molar refractivity (Wildman–Crippen MR) is 60.2 cm³/mol. The van der Waals surface area contributed by atoms with Crippen LogP contribution in [0.5, 0.6) is 11.5 Å². The van der Waals surface area contributed by atoms with E-state index >= 15 is 0 Å². The minimum absolute atomic E-state index is 0.285. The molecule has 1 amide bonds. The minimum atomic E-state index is -0.988. The van der Waals surface area contributed by atoms with Crippen molar-refractivity contribution in [3.8, 4) is 11.5 Å². The van der Waals surface area contributed by atoms with E-state index in [1.807, 2.05) is 0 Å². The summed E-state index contributed by atoms with van der Waals surface area (Å²) in [6.07, 6.45) is 0. The fraction of sp³-hybridized carbons (Fsp3) is 0.273. The van der Waals surface area contributed by atoms with Crippen LogP contribution in [0.15, 0.2) is 18.2 Å². The van der Waals surface area contributed by atoms with Crippen LogP contribution in [0.2, 0.25) is 0 Å². The van der Waals surface area contributed by atoms with E-state index in [0.29, 0.717) is 11.5 Å². The zero-order chi connectivity index (χ0) is 12.8. The number of benzene rings is 1. The van der Waals surface area contributed by atoms with E-state index in [9.17, 15) is 9.59 Å². The number of rotatable bonds is 3. The van der Waals surface area contributed by atoms with Crippen molar-refractivity contribution >= 4 is 17.6 Å². The highest BCUT2D eigenvalue weighted by molar-refractivity contribution is 6.37. The highest BCUT2D eigenvalue weighted by Crippen LogP contribution is 2.33. The molecule has 1 aromatic rings. The molecule has 0 aromatic heterocycles. The number of carbonyl (C=O) groups is 2. The summed E-state index contributed by atoms with van der Waals surface area (Å²) in [5, 5.41) is 2.37. The van der Waals surface area contributed by atoms with E-state index in [2.05, 4.69) is 10.1 Å². The summed E-state index contributed by atoms with van der Waals surface area (Å²) in [6.45, 7) is 0. The molecule has 0 aliphatic rings. The first-order valence-electron chi connectivity index (χ1n) is 4.74. The van der Waals surface area contributed by atoms with Gasteiger partial charge in [-0.15, -0.1) is 0 Å². The summed E-state index contributed by atoms with van der Waals surface area (Å²) in [7, 11) is 4.02. The van der Waals surface area contributed by atoms with Crippen molar-refractivity contribution in [2.45, 2.75) is 0 Å². The Balaban J connectivity index is 3.03. The number of hydrogen-bond acceptors (Lipinski definition) is 5. The van der Waals surface area contributed by atoms with Crippen molar-refractivity contribution in [2.24, 2.45) is 0 Å². The Morgan fingerprint density at radius 2 is 1.59 bits per heavy atom. The summed E-state index contributed by atoms with van der Waals surface area (Å²) in [6, 6.07) is 4.97. The topological polar surface area (TPSA) is 73.9 Å². The molecule has 0 atom stereocenters. The smallest absolute Gasteiger partial charge is 0.396 e. The van der Waals surface area contributed by atoms with Crippen LogP contribution in [-0.4, -0.2) is 33.2 Å². The molecular weight excluding hydrogens is 226 g/mol. The number of methoxy groups -OCH3 is 3. The maximum absolute atomic E-state index is 11.4. The van der Waals surface area contributed by atoms with Crippen molar-refractivity contribution in [1.29, 1.82) is 0 Å². The first kappa shape index (κ1) is 12.8. The molecule has 92 valence electrons. The summed E-state index contributed by atoms with van der Waals surface area (Å²) in [4.78, 5) is 22.4. The maximum Gasteiger partial charge on any atom is 0.396 e. The summed E-state index contributed by atoms with van der Waals surface area (Å²) >= 11 is 0. The predicted octanol–water partition coefficient (Wildman–Crippen LogP) is 0.815. The lowest BCUT2D eigenvalue weighted by atomic mass is 10.2. The average molecular weight is 239 g/mol. The number of esters is 1. The second-order valence-corrected chi connectivity index (χ2v) is 2.98. The zero-order valence-electron chi connectivity index (χ0n) is 9.77. The molecule has 1 aromatic carbocycles. The van der Waals surface area contributed by atoms with Crippen LogP contribution in [0.4, 0.5) is 5.69 Å². The largest absolute Gasteiger partial charge is 0.494 e. The van der Waals surface area contributed by atoms with E-state index in [4.69, 9.17) is 9.47 Å². The number of amides is 1. The third kappa shape index (κ3) is 2.87. The zero-order valence-corrected chi connectivity index (χ0v) is 9.77. The number of carbonyl (C=O) groups excluding carboxylic acids is 2. The molecule has 6 nitrogen and oxygen atoms in total. The van der Waals surface area contributed by atoms with Crippen LogP contribution in [0.1, 0.15) is 0 Å². The van der Waals surface area contributed by atoms with Gasteiger partial charge >= 0.3 is 11.9 Å². The van der Waals surface area contributed by atoms with Gasteiger partial charge < -0.3 is 19.5 Å². The van der Waals surface area contributed by atoms with Gasteiger partial charge in [-0.25, -0.2) is 4.79 Å². The molecule has 0 aliphatic carbocycles. The van der Waals surface area contributed by atoms with Gasteiger partial charge in [0.2, 0.25) is 0 Å². The molecule has 0 heterocycles.